The number of hydrogen-bond acceptors (Lipinski definition) is 4. The van der Waals surface area contributed by atoms with E-state index in [0.717, 1.165) is 16.5 Å². The van der Waals surface area contributed by atoms with Gasteiger partial charge in [-0.15, -0.1) is 0 Å². The van der Waals surface area contributed by atoms with Crippen molar-refractivity contribution in [3.63, 3.8) is 0 Å². The lowest BCUT2D eigenvalue weighted by atomic mass is 10.0. The number of nitro benzene ring substituents is 1. The van der Waals surface area contributed by atoms with Crippen LogP contribution >= 0.6 is 0 Å². The zero-order chi connectivity index (χ0) is 14.1. The molecule has 0 atom stereocenters. The minimum absolute atomic E-state index is 0.0437. The molecule has 98 valence electrons. The van der Waals surface area contributed by atoms with Crippen LogP contribution in [0.15, 0.2) is 63.8 Å². The number of non-ortho nitro benzene ring substituents is 1. The second kappa shape index (κ2) is 4.62. The zero-order valence-corrected chi connectivity index (χ0v) is 10.3. The predicted molar refractivity (Wildman–Crippen MR) is 74.6 cm³/mol. The highest BCUT2D eigenvalue weighted by Crippen LogP contribution is 2.26. The van der Waals surface area contributed by atoms with Crippen LogP contribution in [0.2, 0.25) is 0 Å². The topological polar surface area (TPSA) is 73.3 Å². The van der Waals surface area contributed by atoms with Gasteiger partial charge in [0.05, 0.1) is 4.92 Å². The first kappa shape index (κ1) is 12.1. The highest BCUT2D eigenvalue weighted by atomic mass is 16.6. The van der Waals surface area contributed by atoms with Gasteiger partial charge in [-0.05, 0) is 29.3 Å². The summed E-state index contributed by atoms with van der Waals surface area (Å²) < 4.78 is 5.05. The third kappa shape index (κ3) is 2.16. The first-order chi connectivity index (χ1) is 9.63. The Labute approximate surface area is 113 Å². The third-order valence-corrected chi connectivity index (χ3v) is 3.01. The number of benzene rings is 2. The van der Waals surface area contributed by atoms with Crippen LogP contribution in [0.4, 0.5) is 5.69 Å². The first-order valence-corrected chi connectivity index (χ1v) is 5.92. The molecule has 0 bridgehead atoms. The Morgan fingerprint density at radius 2 is 1.75 bits per heavy atom. The van der Waals surface area contributed by atoms with E-state index in [1.54, 1.807) is 30.3 Å². The third-order valence-electron chi connectivity index (χ3n) is 3.01. The summed E-state index contributed by atoms with van der Waals surface area (Å²) in [5.74, 6) is 0. The van der Waals surface area contributed by atoms with E-state index < -0.39 is 10.5 Å². The van der Waals surface area contributed by atoms with Crippen LogP contribution < -0.4 is 5.63 Å². The van der Waals surface area contributed by atoms with Gasteiger partial charge in [0.1, 0.15) is 5.58 Å². The largest absolute Gasteiger partial charge is 0.423 e. The molecule has 0 radical (unpaired) electrons. The smallest absolute Gasteiger partial charge is 0.336 e. The van der Waals surface area contributed by atoms with Crippen molar-refractivity contribution in [3.05, 3.63) is 75.1 Å². The molecule has 20 heavy (non-hydrogen) atoms. The van der Waals surface area contributed by atoms with Gasteiger partial charge in [-0.2, -0.15) is 0 Å². The quantitative estimate of drug-likeness (QED) is 0.405. The maximum absolute atomic E-state index is 11.1. The normalized spacial score (nSPS) is 10.6. The van der Waals surface area contributed by atoms with Crippen molar-refractivity contribution in [1.29, 1.82) is 0 Å². The van der Waals surface area contributed by atoms with E-state index in [1.165, 1.54) is 18.2 Å². The summed E-state index contributed by atoms with van der Waals surface area (Å²) in [6.45, 7) is 0. The molecule has 1 heterocycles. The van der Waals surface area contributed by atoms with Crippen LogP contribution in [0.3, 0.4) is 0 Å². The van der Waals surface area contributed by atoms with Crippen LogP contribution in [0.25, 0.3) is 22.1 Å². The fourth-order valence-electron chi connectivity index (χ4n) is 2.05. The standard InChI is InChI=1S/C15H9NO4/c17-15-7-5-12-8-11(4-6-14(12)20-15)10-2-1-3-13(9-10)16(18)19/h1-9H. The van der Waals surface area contributed by atoms with Gasteiger partial charge in [0, 0.05) is 23.6 Å². The molecule has 0 N–H and O–H groups in total. The van der Waals surface area contributed by atoms with Crippen molar-refractivity contribution in [1.82, 2.24) is 0 Å². The van der Waals surface area contributed by atoms with Crippen LogP contribution in [0.5, 0.6) is 0 Å². The maximum Gasteiger partial charge on any atom is 0.336 e. The Bertz CT molecular complexity index is 867. The molecule has 0 aliphatic carbocycles. The summed E-state index contributed by atoms with van der Waals surface area (Å²) in [5.41, 5.74) is 1.71. The second-order valence-electron chi connectivity index (χ2n) is 4.31. The van der Waals surface area contributed by atoms with E-state index in [2.05, 4.69) is 0 Å². The van der Waals surface area contributed by atoms with Crippen LogP contribution in [-0.2, 0) is 0 Å². The van der Waals surface area contributed by atoms with Crippen molar-refractivity contribution >= 4 is 16.7 Å². The summed E-state index contributed by atoms with van der Waals surface area (Å²) >= 11 is 0. The lowest BCUT2D eigenvalue weighted by Crippen LogP contribution is -1.94. The molecule has 0 fully saturated rings. The molecule has 5 nitrogen and oxygen atoms in total. The molecule has 0 saturated heterocycles. The molecule has 3 aromatic rings. The highest BCUT2D eigenvalue weighted by molar-refractivity contribution is 5.83. The summed E-state index contributed by atoms with van der Waals surface area (Å²) in [7, 11) is 0. The van der Waals surface area contributed by atoms with E-state index in [0.29, 0.717) is 5.58 Å². The molecule has 0 unspecified atom stereocenters. The van der Waals surface area contributed by atoms with E-state index in [4.69, 9.17) is 4.42 Å². The van der Waals surface area contributed by atoms with Crippen molar-refractivity contribution in [3.8, 4) is 11.1 Å². The predicted octanol–water partition coefficient (Wildman–Crippen LogP) is 3.37. The molecule has 0 saturated carbocycles. The van der Waals surface area contributed by atoms with E-state index >= 15 is 0 Å². The Balaban J connectivity index is 2.14. The van der Waals surface area contributed by atoms with Crippen LogP contribution in [-0.4, -0.2) is 4.92 Å². The Morgan fingerprint density at radius 3 is 2.55 bits per heavy atom. The van der Waals surface area contributed by atoms with Crippen molar-refractivity contribution in [2.24, 2.45) is 0 Å². The van der Waals surface area contributed by atoms with Crippen molar-refractivity contribution < 1.29 is 9.34 Å². The number of nitro groups is 1. The second-order valence-corrected chi connectivity index (χ2v) is 4.31. The van der Waals surface area contributed by atoms with Gasteiger partial charge < -0.3 is 4.42 Å². The van der Waals surface area contributed by atoms with Gasteiger partial charge in [0.15, 0.2) is 0 Å². The first-order valence-electron chi connectivity index (χ1n) is 5.92. The molecule has 0 amide bonds. The Morgan fingerprint density at radius 1 is 0.950 bits per heavy atom. The molecule has 3 rings (SSSR count). The van der Waals surface area contributed by atoms with Gasteiger partial charge in [0.2, 0.25) is 0 Å². The molecule has 1 aromatic heterocycles. The van der Waals surface area contributed by atoms with E-state index in [9.17, 15) is 14.9 Å². The number of fused-ring (bicyclic) bond motifs is 1. The minimum atomic E-state index is -0.427. The van der Waals surface area contributed by atoms with Gasteiger partial charge >= 0.3 is 5.63 Å². The maximum atomic E-state index is 11.1. The number of nitrogens with zero attached hydrogens (tertiary/aromatic N) is 1. The van der Waals surface area contributed by atoms with E-state index in [-0.39, 0.29) is 5.69 Å². The summed E-state index contributed by atoms with van der Waals surface area (Å²) in [6.07, 6.45) is 0. The average molecular weight is 267 g/mol. The minimum Gasteiger partial charge on any atom is -0.423 e. The van der Waals surface area contributed by atoms with E-state index in [1.807, 2.05) is 6.07 Å². The molecular formula is C15H9NO4. The molecule has 0 spiro atoms. The van der Waals surface area contributed by atoms with Crippen LogP contribution in [0, 0.1) is 10.1 Å². The molecule has 2 aromatic carbocycles. The molecule has 5 heteroatoms. The van der Waals surface area contributed by atoms with Gasteiger partial charge in [-0.25, -0.2) is 4.79 Å². The lowest BCUT2D eigenvalue weighted by Gasteiger charge is -2.03. The summed E-state index contributed by atoms with van der Waals surface area (Å²) in [5, 5.41) is 11.6. The van der Waals surface area contributed by atoms with Gasteiger partial charge in [-0.1, -0.05) is 18.2 Å². The monoisotopic (exact) mass is 267 g/mol. The Hall–Kier alpha value is -2.95. The Kier molecular flexibility index (Phi) is 2.80. The van der Waals surface area contributed by atoms with Gasteiger partial charge in [0.25, 0.3) is 5.69 Å². The fraction of sp³-hybridized carbons (Fsp3) is 0. The van der Waals surface area contributed by atoms with Gasteiger partial charge in [-0.3, -0.25) is 10.1 Å². The molecular weight excluding hydrogens is 258 g/mol. The zero-order valence-electron chi connectivity index (χ0n) is 10.3. The molecule has 0 aliphatic heterocycles. The SMILES string of the molecule is O=c1ccc2cc(-c3cccc([N+](=O)[O-])c3)ccc2o1. The summed E-state index contributed by atoms with van der Waals surface area (Å²) in [6, 6.07) is 14.7. The van der Waals surface area contributed by atoms with Crippen LogP contribution in [0.1, 0.15) is 0 Å². The number of rotatable bonds is 2. The summed E-state index contributed by atoms with van der Waals surface area (Å²) in [4.78, 5) is 21.5. The van der Waals surface area contributed by atoms with Crippen molar-refractivity contribution in [2.45, 2.75) is 0 Å². The number of hydrogen-bond donors (Lipinski definition) is 0. The van der Waals surface area contributed by atoms with Crippen molar-refractivity contribution in [2.75, 3.05) is 0 Å². The average Bonchev–Trinajstić information content (AvgIpc) is 2.47. The molecule has 0 aliphatic rings. The highest BCUT2D eigenvalue weighted by Gasteiger charge is 2.08. The lowest BCUT2D eigenvalue weighted by molar-refractivity contribution is -0.384. The fourth-order valence-corrected chi connectivity index (χ4v) is 2.05.